The molecule has 0 spiro atoms. The summed E-state index contributed by atoms with van der Waals surface area (Å²) < 4.78 is 11.5. The Kier molecular flexibility index (Phi) is 4.19. The highest BCUT2D eigenvalue weighted by atomic mass is 28.4. The number of rotatable bonds is 5. The van der Waals surface area contributed by atoms with Crippen LogP contribution in [0.5, 0.6) is 0 Å². The zero-order chi connectivity index (χ0) is 15.7. The van der Waals surface area contributed by atoms with E-state index in [9.17, 15) is 0 Å². The molecule has 8 heteroatoms. The molecule has 0 aliphatic carbocycles. The highest BCUT2D eigenvalue weighted by Gasteiger charge is 2.37. The van der Waals surface area contributed by atoms with Gasteiger partial charge in [0, 0.05) is 0 Å². The topological polar surface area (TPSA) is 92.0 Å². The highest BCUT2D eigenvalue weighted by Crippen LogP contribution is 2.36. The summed E-state index contributed by atoms with van der Waals surface area (Å²) in [7, 11) is -1.80. The van der Waals surface area contributed by atoms with Gasteiger partial charge in [-0.05, 0) is 18.1 Å². The first-order chi connectivity index (χ1) is 9.67. The predicted octanol–water partition coefficient (Wildman–Crippen LogP) is 2.42. The molecule has 2 aromatic rings. The van der Waals surface area contributed by atoms with Crippen LogP contribution in [0.15, 0.2) is 16.9 Å². The first kappa shape index (κ1) is 15.7. The molecule has 2 aromatic heterocycles. The van der Waals surface area contributed by atoms with Gasteiger partial charge < -0.3 is 14.6 Å². The van der Waals surface area contributed by atoms with Crippen molar-refractivity contribution in [1.29, 1.82) is 0 Å². The van der Waals surface area contributed by atoms with Crippen molar-refractivity contribution < 1.29 is 8.84 Å². The molecule has 0 fully saturated rings. The molecule has 0 saturated heterocycles. The molecule has 21 heavy (non-hydrogen) atoms. The van der Waals surface area contributed by atoms with Crippen LogP contribution in [0, 0.1) is 0 Å². The van der Waals surface area contributed by atoms with Crippen LogP contribution < -0.4 is 5.73 Å². The third-order valence-corrected chi connectivity index (χ3v) is 8.30. The van der Waals surface area contributed by atoms with E-state index in [1.807, 2.05) is 0 Å². The van der Waals surface area contributed by atoms with Crippen LogP contribution in [0.1, 0.15) is 32.4 Å². The SMILES string of the molecule is CC(C)(C)[Si](C)(C)OCc1nc(Cn2ncc(N)n2)co1. The summed E-state index contributed by atoms with van der Waals surface area (Å²) in [6.07, 6.45) is 3.10. The lowest BCUT2D eigenvalue weighted by atomic mass is 10.2. The molecule has 0 atom stereocenters. The maximum absolute atomic E-state index is 6.07. The fourth-order valence-corrected chi connectivity index (χ4v) is 2.40. The molecule has 7 nitrogen and oxygen atoms in total. The summed E-state index contributed by atoms with van der Waals surface area (Å²) >= 11 is 0. The lowest BCUT2D eigenvalue weighted by Crippen LogP contribution is -2.40. The second kappa shape index (κ2) is 5.61. The van der Waals surface area contributed by atoms with Crippen LogP contribution >= 0.6 is 0 Å². The standard InChI is InChI=1S/C13H23N5O2Si/c1-13(2,3)21(4,5)20-9-12-16-10(8-19-12)7-18-15-6-11(14)17-18/h6,8H,7,9H2,1-5H3,(H2,14,17). The number of anilines is 1. The van der Waals surface area contributed by atoms with Crippen LogP contribution in [0.25, 0.3) is 0 Å². The monoisotopic (exact) mass is 309 g/mol. The molecule has 2 rings (SSSR count). The van der Waals surface area contributed by atoms with Gasteiger partial charge in [-0.3, -0.25) is 0 Å². The van der Waals surface area contributed by atoms with Gasteiger partial charge in [0.2, 0.25) is 5.89 Å². The molecule has 0 bridgehead atoms. The van der Waals surface area contributed by atoms with Crippen molar-refractivity contribution in [2.24, 2.45) is 0 Å². The minimum Gasteiger partial charge on any atom is -0.446 e. The molecule has 0 aliphatic heterocycles. The zero-order valence-corrected chi connectivity index (χ0v) is 14.3. The van der Waals surface area contributed by atoms with Crippen molar-refractivity contribution in [3.05, 3.63) is 24.0 Å². The van der Waals surface area contributed by atoms with Gasteiger partial charge >= 0.3 is 0 Å². The fraction of sp³-hybridized carbons (Fsp3) is 0.615. The Labute approximate surface area is 125 Å². The number of nitrogen functional groups attached to an aromatic ring is 1. The minimum atomic E-state index is -1.80. The van der Waals surface area contributed by atoms with E-state index in [0.29, 0.717) is 24.9 Å². The Morgan fingerprint density at radius 3 is 2.67 bits per heavy atom. The van der Waals surface area contributed by atoms with Crippen molar-refractivity contribution in [2.75, 3.05) is 5.73 Å². The second-order valence-corrected chi connectivity index (χ2v) is 11.4. The van der Waals surface area contributed by atoms with E-state index in [0.717, 1.165) is 5.69 Å². The Hall–Kier alpha value is -1.67. The largest absolute Gasteiger partial charge is 0.446 e. The van der Waals surface area contributed by atoms with Crippen molar-refractivity contribution in [3.63, 3.8) is 0 Å². The van der Waals surface area contributed by atoms with Crippen LogP contribution in [-0.4, -0.2) is 28.3 Å². The highest BCUT2D eigenvalue weighted by molar-refractivity contribution is 6.74. The maximum atomic E-state index is 6.07. The third kappa shape index (κ3) is 3.91. The fourth-order valence-electron chi connectivity index (χ4n) is 1.48. The molecular formula is C13H23N5O2Si. The van der Waals surface area contributed by atoms with Gasteiger partial charge in [-0.2, -0.15) is 9.90 Å². The van der Waals surface area contributed by atoms with E-state index in [2.05, 4.69) is 49.0 Å². The summed E-state index contributed by atoms with van der Waals surface area (Å²) in [6.45, 7) is 11.8. The molecular weight excluding hydrogens is 286 g/mol. The van der Waals surface area contributed by atoms with Crippen LogP contribution in [0.3, 0.4) is 0 Å². The van der Waals surface area contributed by atoms with Crippen molar-refractivity contribution in [3.8, 4) is 0 Å². The third-order valence-electron chi connectivity index (χ3n) is 3.82. The van der Waals surface area contributed by atoms with E-state index in [-0.39, 0.29) is 5.04 Å². The molecule has 116 valence electrons. The number of oxazole rings is 1. The lowest BCUT2D eigenvalue weighted by molar-refractivity contribution is 0.240. The van der Waals surface area contributed by atoms with Crippen LogP contribution in [0.2, 0.25) is 18.1 Å². The second-order valence-electron chi connectivity index (χ2n) is 6.58. The number of nitrogens with two attached hydrogens (primary N) is 1. The zero-order valence-electron chi connectivity index (χ0n) is 13.3. The summed E-state index contributed by atoms with van der Waals surface area (Å²) in [6, 6.07) is 0. The van der Waals surface area contributed by atoms with Gasteiger partial charge in [0.25, 0.3) is 0 Å². The molecule has 0 radical (unpaired) electrons. The molecule has 0 unspecified atom stereocenters. The average molecular weight is 309 g/mol. The molecule has 0 saturated carbocycles. The quantitative estimate of drug-likeness (QED) is 0.853. The minimum absolute atomic E-state index is 0.166. The van der Waals surface area contributed by atoms with Gasteiger partial charge in [-0.25, -0.2) is 4.98 Å². The first-order valence-corrected chi connectivity index (χ1v) is 9.81. The summed E-state index contributed by atoms with van der Waals surface area (Å²) in [5.41, 5.74) is 6.27. The number of hydrogen-bond acceptors (Lipinski definition) is 6. The van der Waals surface area contributed by atoms with E-state index in [1.165, 1.54) is 11.0 Å². The molecule has 0 aliphatic rings. The van der Waals surface area contributed by atoms with Gasteiger partial charge in [0.05, 0.1) is 6.20 Å². The Morgan fingerprint density at radius 1 is 1.38 bits per heavy atom. The molecule has 2 N–H and O–H groups in total. The van der Waals surface area contributed by atoms with Crippen LogP contribution in [-0.2, 0) is 17.6 Å². The van der Waals surface area contributed by atoms with Gasteiger partial charge in [-0.1, -0.05) is 20.8 Å². The van der Waals surface area contributed by atoms with Gasteiger partial charge in [-0.15, -0.1) is 5.10 Å². The lowest BCUT2D eigenvalue weighted by Gasteiger charge is -2.35. The van der Waals surface area contributed by atoms with Gasteiger partial charge in [0.1, 0.15) is 25.1 Å². The Morgan fingerprint density at radius 2 is 2.10 bits per heavy atom. The smallest absolute Gasteiger partial charge is 0.218 e. The van der Waals surface area contributed by atoms with E-state index in [1.54, 1.807) is 6.26 Å². The summed E-state index contributed by atoms with van der Waals surface area (Å²) in [4.78, 5) is 5.87. The normalized spacial score (nSPS) is 12.8. The molecule has 0 amide bonds. The Bertz CT molecular complexity index is 600. The van der Waals surface area contributed by atoms with Crippen molar-refractivity contribution in [1.82, 2.24) is 20.0 Å². The maximum Gasteiger partial charge on any atom is 0.218 e. The predicted molar refractivity (Wildman–Crippen MR) is 82.0 cm³/mol. The number of nitrogens with zero attached hydrogens (tertiary/aromatic N) is 4. The van der Waals surface area contributed by atoms with E-state index >= 15 is 0 Å². The van der Waals surface area contributed by atoms with Crippen molar-refractivity contribution in [2.45, 2.75) is 52.1 Å². The number of aromatic nitrogens is 4. The van der Waals surface area contributed by atoms with Crippen molar-refractivity contribution >= 4 is 14.1 Å². The van der Waals surface area contributed by atoms with E-state index < -0.39 is 8.32 Å². The molecule has 0 aromatic carbocycles. The number of hydrogen-bond donors (Lipinski definition) is 1. The summed E-state index contributed by atoms with van der Waals surface area (Å²) in [5.74, 6) is 0.968. The van der Waals surface area contributed by atoms with E-state index in [4.69, 9.17) is 14.6 Å². The summed E-state index contributed by atoms with van der Waals surface area (Å²) in [5, 5.41) is 8.19. The van der Waals surface area contributed by atoms with Crippen LogP contribution in [0.4, 0.5) is 5.82 Å². The average Bonchev–Trinajstić information content (AvgIpc) is 2.95. The first-order valence-electron chi connectivity index (χ1n) is 6.90. The van der Waals surface area contributed by atoms with Gasteiger partial charge in [0.15, 0.2) is 14.1 Å². The Balaban J connectivity index is 1.94. The molecule has 2 heterocycles.